The summed E-state index contributed by atoms with van der Waals surface area (Å²) in [4.78, 5) is 12.9. The molecule has 2 aliphatic heterocycles. The third-order valence-corrected chi connectivity index (χ3v) is 7.01. The van der Waals surface area contributed by atoms with E-state index in [-0.39, 0.29) is 22.4 Å². The Morgan fingerprint density at radius 1 is 1.00 bits per heavy atom. The van der Waals surface area contributed by atoms with E-state index in [4.69, 9.17) is 14.2 Å². The van der Waals surface area contributed by atoms with Gasteiger partial charge in [0.1, 0.15) is 13.2 Å². The largest absolute Gasteiger partial charge is 0.486 e. The predicted molar refractivity (Wildman–Crippen MR) is 109 cm³/mol. The molecule has 0 unspecified atom stereocenters. The summed E-state index contributed by atoms with van der Waals surface area (Å²) >= 11 is 0. The number of nitrogens with zero attached hydrogens (tertiary/aromatic N) is 1. The Labute approximate surface area is 175 Å². The van der Waals surface area contributed by atoms with E-state index in [1.165, 1.54) is 16.4 Å². The maximum atomic E-state index is 12.9. The number of fused-ring (bicyclic) bond motifs is 1. The van der Waals surface area contributed by atoms with E-state index in [9.17, 15) is 13.2 Å². The third-order valence-electron chi connectivity index (χ3n) is 5.12. The fraction of sp³-hybridized carbons (Fsp3) is 0.381. The van der Waals surface area contributed by atoms with Gasteiger partial charge < -0.3 is 19.5 Å². The van der Waals surface area contributed by atoms with Crippen molar-refractivity contribution in [2.24, 2.45) is 0 Å². The van der Waals surface area contributed by atoms with Gasteiger partial charge >= 0.3 is 0 Å². The second-order valence-electron chi connectivity index (χ2n) is 7.14. The van der Waals surface area contributed by atoms with Crippen LogP contribution in [-0.2, 0) is 14.8 Å². The molecule has 2 heterocycles. The van der Waals surface area contributed by atoms with E-state index in [1.807, 2.05) is 25.1 Å². The summed E-state index contributed by atoms with van der Waals surface area (Å²) in [6, 6.07) is 11.3. The molecule has 0 aromatic heterocycles. The minimum Gasteiger partial charge on any atom is -0.486 e. The van der Waals surface area contributed by atoms with Crippen LogP contribution >= 0.6 is 0 Å². The van der Waals surface area contributed by atoms with Crippen molar-refractivity contribution >= 4 is 15.9 Å². The lowest BCUT2D eigenvalue weighted by atomic mass is 10.1. The Morgan fingerprint density at radius 2 is 1.73 bits per heavy atom. The van der Waals surface area contributed by atoms with Crippen LogP contribution in [0.5, 0.6) is 11.5 Å². The first-order valence-corrected chi connectivity index (χ1v) is 11.3. The van der Waals surface area contributed by atoms with Crippen molar-refractivity contribution in [1.82, 2.24) is 9.62 Å². The van der Waals surface area contributed by atoms with Gasteiger partial charge in [0.05, 0.1) is 24.2 Å². The van der Waals surface area contributed by atoms with Gasteiger partial charge in [-0.25, -0.2) is 8.42 Å². The maximum Gasteiger partial charge on any atom is 0.251 e. The van der Waals surface area contributed by atoms with E-state index in [1.54, 1.807) is 12.1 Å². The van der Waals surface area contributed by atoms with Gasteiger partial charge in [-0.2, -0.15) is 4.31 Å². The highest BCUT2D eigenvalue weighted by atomic mass is 32.2. The molecule has 0 spiro atoms. The minimum absolute atomic E-state index is 0.101. The molecule has 8 nitrogen and oxygen atoms in total. The third kappa shape index (κ3) is 4.28. The number of carbonyl (C=O) groups excluding carboxylic acids is 1. The molecule has 0 radical (unpaired) electrons. The molecule has 160 valence electrons. The number of nitrogens with one attached hydrogen (secondary N) is 1. The highest BCUT2D eigenvalue weighted by Gasteiger charge is 2.27. The lowest BCUT2D eigenvalue weighted by Crippen LogP contribution is -2.40. The van der Waals surface area contributed by atoms with E-state index in [0.29, 0.717) is 51.0 Å². The smallest absolute Gasteiger partial charge is 0.251 e. The van der Waals surface area contributed by atoms with Crippen LogP contribution in [-0.4, -0.2) is 58.1 Å². The van der Waals surface area contributed by atoms with Gasteiger partial charge in [0.25, 0.3) is 5.91 Å². The van der Waals surface area contributed by atoms with Crippen LogP contribution in [0.25, 0.3) is 0 Å². The van der Waals surface area contributed by atoms with E-state index in [0.717, 1.165) is 5.56 Å². The molecular weight excluding hydrogens is 408 g/mol. The number of morpholine rings is 1. The summed E-state index contributed by atoms with van der Waals surface area (Å²) in [7, 11) is -3.67. The zero-order valence-corrected chi connectivity index (χ0v) is 17.5. The standard InChI is InChI=1S/C21H24N2O6S/c1-15(16-5-6-19-20(14-16)29-12-11-28-19)22-21(24)17-3-2-4-18(13-17)30(25,26)23-7-9-27-10-8-23/h2-6,13-15H,7-12H2,1H3,(H,22,24)/t15-/m0/s1. The van der Waals surface area contributed by atoms with E-state index >= 15 is 0 Å². The number of benzene rings is 2. The summed E-state index contributed by atoms with van der Waals surface area (Å²) in [5.74, 6) is 0.986. The summed E-state index contributed by atoms with van der Waals surface area (Å²) in [6.07, 6.45) is 0. The summed E-state index contributed by atoms with van der Waals surface area (Å²) < 4.78 is 43.4. The number of carbonyl (C=O) groups is 1. The number of hydrogen-bond acceptors (Lipinski definition) is 6. The van der Waals surface area contributed by atoms with Crippen LogP contribution in [0.1, 0.15) is 28.9 Å². The molecule has 4 rings (SSSR count). The molecule has 1 fully saturated rings. The van der Waals surface area contributed by atoms with Crippen molar-refractivity contribution in [3.8, 4) is 11.5 Å². The Balaban J connectivity index is 1.49. The number of rotatable bonds is 5. The second-order valence-corrected chi connectivity index (χ2v) is 9.08. The Kier molecular flexibility index (Phi) is 5.94. The lowest BCUT2D eigenvalue weighted by Gasteiger charge is -2.26. The fourth-order valence-corrected chi connectivity index (χ4v) is 4.88. The fourth-order valence-electron chi connectivity index (χ4n) is 3.43. The highest BCUT2D eigenvalue weighted by molar-refractivity contribution is 7.89. The Hall–Kier alpha value is -2.62. The molecule has 1 amide bonds. The molecule has 0 aliphatic carbocycles. The Bertz CT molecular complexity index is 1030. The van der Waals surface area contributed by atoms with Gasteiger partial charge in [-0.3, -0.25) is 4.79 Å². The molecule has 9 heteroatoms. The number of ether oxygens (including phenoxy) is 3. The van der Waals surface area contributed by atoms with Crippen molar-refractivity contribution in [3.05, 3.63) is 53.6 Å². The summed E-state index contributed by atoms with van der Waals surface area (Å²) in [5, 5.41) is 2.91. The second kappa shape index (κ2) is 8.63. The van der Waals surface area contributed by atoms with Gasteiger partial charge in [0.2, 0.25) is 10.0 Å². The SMILES string of the molecule is C[C@H](NC(=O)c1cccc(S(=O)(=O)N2CCOCC2)c1)c1ccc2c(c1)OCCO2. The topological polar surface area (TPSA) is 94.2 Å². The molecular formula is C21H24N2O6S. The Morgan fingerprint density at radius 3 is 2.50 bits per heavy atom. The van der Waals surface area contributed by atoms with Crippen molar-refractivity contribution in [2.75, 3.05) is 39.5 Å². The molecule has 0 bridgehead atoms. The monoisotopic (exact) mass is 432 g/mol. The minimum atomic E-state index is -3.67. The molecule has 30 heavy (non-hydrogen) atoms. The molecule has 0 saturated carbocycles. The number of hydrogen-bond donors (Lipinski definition) is 1. The van der Waals surface area contributed by atoms with Crippen LogP contribution in [0.15, 0.2) is 47.4 Å². The zero-order chi connectivity index (χ0) is 21.1. The highest BCUT2D eigenvalue weighted by Crippen LogP contribution is 2.32. The molecule has 1 saturated heterocycles. The number of amides is 1. The first-order chi connectivity index (χ1) is 14.4. The first-order valence-electron chi connectivity index (χ1n) is 9.83. The first kappa shape index (κ1) is 20.6. The average molecular weight is 432 g/mol. The maximum absolute atomic E-state index is 12.9. The molecule has 1 N–H and O–H groups in total. The van der Waals surface area contributed by atoms with Gasteiger partial charge in [0.15, 0.2) is 11.5 Å². The van der Waals surface area contributed by atoms with Crippen LogP contribution in [0.4, 0.5) is 0 Å². The summed E-state index contributed by atoms with van der Waals surface area (Å²) in [6.45, 7) is 4.21. The van der Waals surface area contributed by atoms with Crippen LogP contribution in [0.3, 0.4) is 0 Å². The van der Waals surface area contributed by atoms with Crippen LogP contribution in [0.2, 0.25) is 0 Å². The average Bonchev–Trinajstić information content (AvgIpc) is 2.79. The van der Waals surface area contributed by atoms with Crippen molar-refractivity contribution in [3.63, 3.8) is 0 Å². The quantitative estimate of drug-likeness (QED) is 0.776. The van der Waals surface area contributed by atoms with Crippen LogP contribution in [0, 0.1) is 0 Å². The van der Waals surface area contributed by atoms with Gasteiger partial charge in [0, 0.05) is 18.7 Å². The van der Waals surface area contributed by atoms with Crippen LogP contribution < -0.4 is 14.8 Å². The van der Waals surface area contributed by atoms with Crippen molar-refractivity contribution < 1.29 is 27.4 Å². The molecule has 2 aromatic rings. The van der Waals surface area contributed by atoms with E-state index < -0.39 is 10.0 Å². The molecule has 2 aliphatic rings. The molecule has 2 aromatic carbocycles. The normalized spacial score (nSPS) is 17.9. The molecule has 1 atom stereocenters. The van der Waals surface area contributed by atoms with E-state index in [2.05, 4.69) is 5.32 Å². The summed E-state index contributed by atoms with van der Waals surface area (Å²) in [5.41, 5.74) is 1.15. The zero-order valence-electron chi connectivity index (χ0n) is 16.7. The lowest BCUT2D eigenvalue weighted by molar-refractivity contribution is 0.0730. The van der Waals surface area contributed by atoms with Gasteiger partial charge in [-0.05, 0) is 42.8 Å². The predicted octanol–water partition coefficient (Wildman–Crippen LogP) is 1.97. The van der Waals surface area contributed by atoms with Crippen molar-refractivity contribution in [1.29, 1.82) is 0 Å². The number of sulfonamides is 1. The van der Waals surface area contributed by atoms with Crippen molar-refractivity contribution in [2.45, 2.75) is 17.9 Å². The van der Waals surface area contributed by atoms with Gasteiger partial charge in [-0.1, -0.05) is 12.1 Å². The van der Waals surface area contributed by atoms with Gasteiger partial charge in [-0.15, -0.1) is 0 Å².